The molecule has 12 heavy (non-hydrogen) atoms. The summed E-state index contributed by atoms with van der Waals surface area (Å²) >= 11 is -1.52. The number of benzene rings is 1. The van der Waals surface area contributed by atoms with Gasteiger partial charge in [0.15, 0.2) is 0 Å². The van der Waals surface area contributed by atoms with Crippen molar-refractivity contribution in [3.05, 3.63) is 30.3 Å². The van der Waals surface area contributed by atoms with Gasteiger partial charge in [-0.05, 0) is 0 Å². The Kier molecular flexibility index (Phi) is 5.93. The maximum atomic E-state index is 10.5. The minimum atomic E-state index is -1.52. The fourth-order valence-electron chi connectivity index (χ4n) is 0.759. The second kappa shape index (κ2) is 6.14. The Bertz CT molecular complexity index is 238. The Labute approximate surface area is 84.8 Å². The van der Waals surface area contributed by atoms with Crippen LogP contribution in [-0.4, -0.2) is 5.97 Å². The summed E-state index contributed by atoms with van der Waals surface area (Å²) in [4.78, 5) is 10.5. The van der Waals surface area contributed by atoms with Crippen molar-refractivity contribution in [2.45, 2.75) is 6.92 Å². The summed E-state index contributed by atoms with van der Waals surface area (Å²) in [6.07, 6.45) is 0. The molecule has 0 amide bonds. The van der Waals surface area contributed by atoms with E-state index >= 15 is 0 Å². The molecule has 0 fully saturated rings. The molecule has 0 atom stereocenters. The number of rotatable bonds is 2. The van der Waals surface area contributed by atoms with Crippen molar-refractivity contribution < 1.29 is 32.5 Å². The Morgan fingerprint density at radius 1 is 1.33 bits per heavy atom. The van der Waals surface area contributed by atoms with Gasteiger partial charge in [-0.1, -0.05) is 0 Å². The molecule has 4 heteroatoms. The first kappa shape index (κ1) is 11.6. The first-order chi connectivity index (χ1) is 5.29. The first-order valence-corrected chi connectivity index (χ1v) is 8.45. The van der Waals surface area contributed by atoms with Gasteiger partial charge >= 0.3 is 78.8 Å². The van der Waals surface area contributed by atoms with E-state index in [0.717, 1.165) is 0 Å². The van der Waals surface area contributed by atoms with E-state index in [1.807, 2.05) is 30.3 Å². The van der Waals surface area contributed by atoms with Gasteiger partial charge in [0.05, 0.1) is 0 Å². The van der Waals surface area contributed by atoms with Crippen LogP contribution in [0.5, 0.6) is 0 Å². The molecular formula is C8H12HgNO2+. The minimum absolute atomic E-state index is 0. The maximum Gasteiger partial charge on any atom is -0.369 e. The van der Waals surface area contributed by atoms with Gasteiger partial charge in [-0.25, -0.2) is 0 Å². The molecule has 0 bridgehead atoms. The Balaban J connectivity index is 0.00000121. The SMILES string of the molecule is CC(=O)[O][Hg][c]1ccccc1.[NH4+]. The predicted octanol–water partition coefficient (Wildman–Crippen LogP) is 1.25. The van der Waals surface area contributed by atoms with E-state index in [0.29, 0.717) is 0 Å². The molecule has 1 aromatic rings. The van der Waals surface area contributed by atoms with Crippen molar-refractivity contribution in [2.75, 3.05) is 0 Å². The predicted molar refractivity (Wildman–Crippen MR) is 43.8 cm³/mol. The van der Waals surface area contributed by atoms with Gasteiger partial charge in [-0.2, -0.15) is 0 Å². The van der Waals surface area contributed by atoms with E-state index < -0.39 is 25.0 Å². The monoisotopic (exact) mass is 356 g/mol. The smallest absolute Gasteiger partial charge is 0.369 e. The number of hydrogen-bond donors (Lipinski definition) is 1. The van der Waals surface area contributed by atoms with Crippen LogP contribution in [0.15, 0.2) is 30.3 Å². The molecule has 0 heterocycles. The number of hydrogen-bond acceptors (Lipinski definition) is 2. The molecule has 0 aliphatic carbocycles. The van der Waals surface area contributed by atoms with Gasteiger partial charge in [-0.3, -0.25) is 0 Å². The molecule has 0 aliphatic heterocycles. The Morgan fingerprint density at radius 2 is 1.92 bits per heavy atom. The van der Waals surface area contributed by atoms with E-state index in [1.54, 1.807) is 0 Å². The van der Waals surface area contributed by atoms with Gasteiger partial charge in [0.2, 0.25) is 0 Å². The molecule has 4 N–H and O–H groups in total. The van der Waals surface area contributed by atoms with Crippen LogP contribution in [0.2, 0.25) is 0 Å². The van der Waals surface area contributed by atoms with Gasteiger partial charge in [0, 0.05) is 0 Å². The van der Waals surface area contributed by atoms with Crippen LogP contribution >= 0.6 is 0 Å². The fraction of sp³-hybridized carbons (Fsp3) is 0.125. The van der Waals surface area contributed by atoms with Crippen molar-refractivity contribution in [2.24, 2.45) is 0 Å². The average Bonchev–Trinajstić information content (AvgIpc) is 2.03. The van der Waals surface area contributed by atoms with Crippen LogP contribution in [0.1, 0.15) is 6.92 Å². The molecule has 62 valence electrons. The largest absolute Gasteiger partial charge is 0.369 e. The van der Waals surface area contributed by atoms with Crippen LogP contribution in [0.4, 0.5) is 0 Å². The summed E-state index contributed by atoms with van der Waals surface area (Å²) in [6, 6.07) is 9.94. The molecule has 0 unspecified atom stereocenters. The van der Waals surface area contributed by atoms with Gasteiger partial charge < -0.3 is 6.15 Å². The summed E-state index contributed by atoms with van der Waals surface area (Å²) in [6.45, 7) is 1.46. The van der Waals surface area contributed by atoms with Crippen molar-refractivity contribution in [3.63, 3.8) is 0 Å². The molecular weight excluding hydrogens is 343 g/mol. The van der Waals surface area contributed by atoms with Crippen LogP contribution in [0.25, 0.3) is 0 Å². The quantitative estimate of drug-likeness (QED) is 0.812. The second-order valence-electron chi connectivity index (χ2n) is 2.27. The molecule has 1 aromatic carbocycles. The zero-order chi connectivity index (χ0) is 8.10. The number of carbonyl (C=O) groups is 1. The van der Waals surface area contributed by atoms with Gasteiger partial charge in [-0.15, -0.1) is 0 Å². The maximum absolute atomic E-state index is 10.5. The zero-order valence-electron chi connectivity index (χ0n) is 7.41. The molecule has 0 radical (unpaired) electrons. The standard InChI is InChI=1S/C6H5.C2H4O2.Hg.H3N/c1-2-4-6-5-3-1;1-2(3)4;;/h1-5H;1H3,(H,3,4);;1H3/q;;+1;. The van der Waals surface area contributed by atoms with E-state index in [2.05, 4.69) is 0 Å². The van der Waals surface area contributed by atoms with Gasteiger partial charge in [0.25, 0.3) is 0 Å². The van der Waals surface area contributed by atoms with Crippen molar-refractivity contribution in [1.82, 2.24) is 6.15 Å². The Morgan fingerprint density at radius 3 is 2.42 bits per heavy atom. The third kappa shape index (κ3) is 4.46. The van der Waals surface area contributed by atoms with Crippen molar-refractivity contribution in [1.29, 1.82) is 0 Å². The minimum Gasteiger partial charge on any atom is -0.369 e. The third-order valence-electron chi connectivity index (χ3n) is 1.28. The zero-order valence-corrected chi connectivity index (χ0v) is 12.9. The molecule has 0 spiro atoms. The van der Waals surface area contributed by atoms with Crippen molar-refractivity contribution in [3.8, 4) is 0 Å². The summed E-state index contributed by atoms with van der Waals surface area (Å²) in [7, 11) is 0. The van der Waals surface area contributed by atoms with Crippen LogP contribution in [-0.2, 0) is 32.5 Å². The second-order valence-corrected chi connectivity index (χ2v) is 7.68. The van der Waals surface area contributed by atoms with Gasteiger partial charge in [0.1, 0.15) is 0 Å². The molecule has 0 saturated heterocycles. The van der Waals surface area contributed by atoms with E-state index in [9.17, 15) is 4.79 Å². The van der Waals surface area contributed by atoms with Crippen LogP contribution < -0.4 is 9.22 Å². The topological polar surface area (TPSA) is 62.8 Å². The first-order valence-electron chi connectivity index (χ1n) is 3.46. The number of quaternary nitrogens is 1. The number of carbonyl (C=O) groups excluding carboxylic acids is 1. The van der Waals surface area contributed by atoms with Crippen LogP contribution in [0, 0.1) is 0 Å². The molecule has 3 nitrogen and oxygen atoms in total. The summed E-state index contributed by atoms with van der Waals surface area (Å²) in [5.41, 5.74) is 0. The molecule has 0 aliphatic rings. The van der Waals surface area contributed by atoms with E-state index in [1.165, 1.54) is 10.00 Å². The summed E-state index contributed by atoms with van der Waals surface area (Å²) in [5, 5.41) is 0. The Hall–Kier alpha value is -0.415. The molecule has 1 rings (SSSR count). The van der Waals surface area contributed by atoms with E-state index in [-0.39, 0.29) is 12.1 Å². The van der Waals surface area contributed by atoms with Crippen LogP contribution in [0.3, 0.4) is 0 Å². The average molecular weight is 355 g/mol. The normalized spacial score (nSPS) is 7.75. The molecule has 0 saturated carbocycles. The summed E-state index contributed by atoms with van der Waals surface area (Å²) in [5.74, 6) is -0.143. The van der Waals surface area contributed by atoms with E-state index in [4.69, 9.17) is 2.64 Å². The molecule has 0 aromatic heterocycles. The third-order valence-corrected chi connectivity index (χ3v) is 6.55. The van der Waals surface area contributed by atoms with Crippen molar-refractivity contribution >= 4 is 9.04 Å². The summed E-state index contributed by atoms with van der Waals surface area (Å²) < 4.78 is 6.25. The fourth-order valence-corrected chi connectivity index (χ4v) is 4.00.